The van der Waals surface area contributed by atoms with Gasteiger partial charge in [0.15, 0.2) is 0 Å². The predicted molar refractivity (Wildman–Crippen MR) is 127 cm³/mol. The number of rotatable bonds is 8. The Morgan fingerprint density at radius 3 is 0.848 bits per heavy atom. The van der Waals surface area contributed by atoms with Crippen LogP contribution < -0.4 is 18.9 Å². The number of hydrogen-bond acceptors (Lipinski definition) is 8. The molecule has 20 heteroatoms. The van der Waals surface area contributed by atoms with Gasteiger partial charge < -0.3 is 18.9 Å². The molecule has 0 saturated carbocycles. The lowest BCUT2D eigenvalue weighted by atomic mass is 10.1. The summed E-state index contributed by atoms with van der Waals surface area (Å²) in [7, 11) is 0. The Kier molecular flexibility index (Phi) is 10.1. The van der Waals surface area contributed by atoms with E-state index < -0.39 is 105 Å². The Bertz CT molecular complexity index is 1550. The molecule has 0 aliphatic rings. The molecule has 0 N–H and O–H groups in total. The average Bonchev–Trinajstić information content (AvgIpc) is 2.89. The van der Waals surface area contributed by atoms with E-state index in [1.165, 1.54) is 0 Å². The Hall–Kier alpha value is -5.30. The fourth-order valence-corrected chi connectivity index (χ4v) is 2.75. The van der Waals surface area contributed by atoms with Crippen molar-refractivity contribution in [2.45, 2.75) is 24.7 Å². The normalized spacial score (nSPS) is 12.2. The summed E-state index contributed by atoms with van der Waals surface area (Å²) in [4.78, 5) is 48.2. The van der Waals surface area contributed by atoms with E-state index in [0.717, 1.165) is 0 Å². The Morgan fingerprint density at radius 1 is 0.413 bits per heavy atom. The monoisotopic (exact) mass is 680 g/mol. The number of benzene rings is 2. The van der Waals surface area contributed by atoms with E-state index in [1.54, 1.807) is 0 Å². The molecule has 0 spiro atoms. The fraction of sp³-hybridized carbons (Fsp3) is 0.154. The molecule has 0 atom stereocenters. The SMILES string of the molecule is C=C(C(=O)Oc1cc(OC(=O)C(=C)C(F)(F)F)c2cc(OC(=O)C(=C)C(F)(F)F)cc(OC(=O)C(=C)C(F)(F)F)c2c1)C(F)(F)F. The number of alkyl halides is 12. The predicted octanol–water partition coefficient (Wildman–Crippen LogP) is 6.94. The van der Waals surface area contributed by atoms with Gasteiger partial charge >= 0.3 is 48.6 Å². The summed E-state index contributed by atoms with van der Waals surface area (Å²) in [6, 6.07) is 1.33. The first kappa shape index (κ1) is 36.9. The van der Waals surface area contributed by atoms with Gasteiger partial charge in [-0.15, -0.1) is 0 Å². The lowest BCUT2D eigenvalue weighted by Gasteiger charge is -2.17. The van der Waals surface area contributed by atoms with E-state index in [-0.39, 0.29) is 12.1 Å². The molecule has 0 aliphatic heterocycles. The molecule has 0 radical (unpaired) electrons. The van der Waals surface area contributed by atoms with Crippen molar-refractivity contribution in [1.82, 2.24) is 0 Å². The molecule has 0 aliphatic carbocycles. The van der Waals surface area contributed by atoms with Crippen LogP contribution in [-0.2, 0) is 19.2 Å². The quantitative estimate of drug-likeness (QED) is 0.128. The molecule has 8 nitrogen and oxygen atoms in total. The molecule has 2 rings (SSSR count). The smallest absolute Gasteiger partial charge is 0.422 e. The molecule has 0 unspecified atom stereocenters. The molecule has 0 aromatic heterocycles. The third kappa shape index (κ3) is 8.88. The van der Waals surface area contributed by atoms with Crippen LogP contribution in [0, 0.1) is 0 Å². The van der Waals surface area contributed by atoms with Crippen LogP contribution in [0.3, 0.4) is 0 Å². The van der Waals surface area contributed by atoms with Gasteiger partial charge in [0.1, 0.15) is 45.3 Å². The molecule has 0 amide bonds. The summed E-state index contributed by atoms with van der Waals surface area (Å²) in [5.41, 5.74) is -8.75. The van der Waals surface area contributed by atoms with Gasteiger partial charge in [0.2, 0.25) is 0 Å². The van der Waals surface area contributed by atoms with E-state index in [4.69, 9.17) is 0 Å². The minimum Gasteiger partial charge on any atom is -0.423 e. The number of halogens is 12. The fourth-order valence-electron chi connectivity index (χ4n) is 2.75. The average molecular weight is 680 g/mol. The van der Waals surface area contributed by atoms with Crippen LogP contribution in [0.15, 0.2) is 72.9 Å². The maximum absolute atomic E-state index is 13.0. The highest BCUT2D eigenvalue weighted by Crippen LogP contribution is 2.42. The molecule has 248 valence electrons. The number of fused-ring (bicyclic) bond motifs is 1. The topological polar surface area (TPSA) is 105 Å². The van der Waals surface area contributed by atoms with Gasteiger partial charge in [0, 0.05) is 22.9 Å². The van der Waals surface area contributed by atoms with Crippen molar-refractivity contribution in [3.05, 3.63) is 72.9 Å². The minimum atomic E-state index is -5.46. The summed E-state index contributed by atoms with van der Waals surface area (Å²) in [6.45, 7) is 9.72. The number of esters is 4. The summed E-state index contributed by atoms with van der Waals surface area (Å²) >= 11 is 0. The lowest BCUT2D eigenvalue weighted by Crippen LogP contribution is -2.24. The molecule has 0 saturated heterocycles. The molecule has 2 aromatic carbocycles. The summed E-state index contributed by atoms with van der Waals surface area (Å²) in [5, 5.41) is -1.86. The molecule has 0 heterocycles. The van der Waals surface area contributed by atoms with Gasteiger partial charge in [-0.05, 0) is 12.1 Å². The van der Waals surface area contributed by atoms with Crippen LogP contribution >= 0.6 is 0 Å². The van der Waals surface area contributed by atoms with Crippen molar-refractivity contribution in [3.8, 4) is 23.0 Å². The first-order valence-electron chi connectivity index (χ1n) is 11.2. The molecule has 2 aromatic rings. The van der Waals surface area contributed by atoms with Gasteiger partial charge in [0.25, 0.3) is 0 Å². The van der Waals surface area contributed by atoms with Crippen molar-refractivity contribution in [2.75, 3.05) is 0 Å². The number of hydrogen-bond donors (Lipinski definition) is 0. The Labute approximate surface area is 246 Å². The van der Waals surface area contributed by atoms with Crippen LogP contribution in [0.5, 0.6) is 23.0 Å². The first-order chi connectivity index (χ1) is 20.6. The summed E-state index contributed by atoms with van der Waals surface area (Å²) in [6.07, 6.45) is -21.7. The van der Waals surface area contributed by atoms with Gasteiger partial charge in [0.05, 0.1) is 0 Å². The molecule has 46 heavy (non-hydrogen) atoms. The minimum absolute atomic E-state index is 0.256. The highest BCUT2D eigenvalue weighted by Gasteiger charge is 2.41. The van der Waals surface area contributed by atoms with Gasteiger partial charge in [-0.3, -0.25) is 0 Å². The van der Waals surface area contributed by atoms with Crippen LogP contribution in [0.4, 0.5) is 52.7 Å². The van der Waals surface area contributed by atoms with Crippen LogP contribution in [-0.4, -0.2) is 48.6 Å². The summed E-state index contributed by atoms with van der Waals surface area (Å²) < 4.78 is 173. The maximum Gasteiger partial charge on any atom is 0.422 e. The standard InChI is InChI=1S/C26H12F12O8/c1-9(23(27,28)29)19(39)43-13-5-15-16(17(7-13)45-21(41)11(3)25(33,34)35)6-14(44-20(40)10(2)24(30,31)32)8-18(15)46-22(42)12(4)26(36,37)38/h5-8H,1-4H2. The zero-order chi connectivity index (χ0) is 35.7. The van der Waals surface area contributed by atoms with E-state index >= 15 is 0 Å². The van der Waals surface area contributed by atoms with Crippen LogP contribution in [0.2, 0.25) is 0 Å². The third-order valence-corrected chi connectivity index (χ3v) is 5.12. The Morgan fingerprint density at radius 2 is 0.630 bits per heavy atom. The molecular formula is C26H12F12O8. The third-order valence-electron chi connectivity index (χ3n) is 5.12. The van der Waals surface area contributed by atoms with Crippen molar-refractivity contribution < 1.29 is 90.8 Å². The summed E-state index contributed by atoms with van der Waals surface area (Å²) in [5.74, 6) is -14.1. The van der Waals surface area contributed by atoms with E-state index in [0.29, 0.717) is 12.1 Å². The largest absolute Gasteiger partial charge is 0.423 e. The number of carbonyl (C=O) groups excluding carboxylic acids is 4. The van der Waals surface area contributed by atoms with Crippen molar-refractivity contribution in [2.24, 2.45) is 0 Å². The van der Waals surface area contributed by atoms with E-state index in [9.17, 15) is 71.9 Å². The second-order valence-electron chi connectivity index (χ2n) is 8.40. The van der Waals surface area contributed by atoms with Gasteiger partial charge in [-0.1, -0.05) is 26.3 Å². The highest BCUT2D eigenvalue weighted by molar-refractivity contribution is 6.02. The highest BCUT2D eigenvalue weighted by atomic mass is 19.4. The second kappa shape index (κ2) is 12.6. The zero-order valence-electron chi connectivity index (χ0n) is 21.9. The van der Waals surface area contributed by atoms with Crippen molar-refractivity contribution in [1.29, 1.82) is 0 Å². The molecule has 0 fully saturated rings. The molecular weight excluding hydrogens is 668 g/mol. The number of carbonyl (C=O) groups is 4. The van der Waals surface area contributed by atoms with Crippen LogP contribution in [0.1, 0.15) is 0 Å². The van der Waals surface area contributed by atoms with Crippen LogP contribution in [0.25, 0.3) is 10.8 Å². The van der Waals surface area contributed by atoms with Gasteiger partial charge in [-0.25, -0.2) is 19.2 Å². The Balaban J connectivity index is 2.90. The zero-order valence-corrected chi connectivity index (χ0v) is 21.9. The lowest BCUT2D eigenvalue weighted by molar-refractivity contribution is -0.144. The van der Waals surface area contributed by atoms with Crippen molar-refractivity contribution >= 4 is 34.6 Å². The first-order valence-corrected chi connectivity index (χ1v) is 11.2. The van der Waals surface area contributed by atoms with Crippen molar-refractivity contribution in [3.63, 3.8) is 0 Å². The number of ether oxygens (including phenoxy) is 4. The van der Waals surface area contributed by atoms with E-state index in [2.05, 4.69) is 45.3 Å². The van der Waals surface area contributed by atoms with E-state index in [1.807, 2.05) is 0 Å². The maximum atomic E-state index is 13.0. The second-order valence-corrected chi connectivity index (χ2v) is 8.40. The molecule has 0 bridgehead atoms. The van der Waals surface area contributed by atoms with Gasteiger partial charge in [-0.2, -0.15) is 52.7 Å².